The van der Waals surface area contributed by atoms with Gasteiger partial charge in [0.1, 0.15) is 5.52 Å². The number of nitrogens with zero attached hydrogens (tertiary/aromatic N) is 2. The zero-order valence-electron chi connectivity index (χ0n) is 10.4. The molecular formula is C13H18N4. The second kappa shape index (κ2) is 3.53. The smallest absolute Gasteiger partial charge is 0.156 e. The van der Waals surface area contributed by atoms with Gasteiger partial charge in [-0.05, 0) is 45.6 Å². The molecule has 0 amide bonds. The van der Waals surface area contributed by atoms with Crippen molar-refractivity contribution in [3.05, 3.63) is 23.1 Å². The summed E-state index contributed by atoms with van der Waals surface area (Å²) < 4.78 is 0. The third-order valence-electron chi connectivity index (χ3n) is 3.71. The Labute approximate surface area is 101 Å². The Kier molecular flexibility index (Phi) is 2.23. The lowest BCUT2D eigenvalue weighted by atomic mass is 10.1. The van der Waals surface area contributed by atoms with Gasteiger partial charge < -0.3 is 10.7 Å². The monoisotopic (exact) mass is 230 g/mol. The fourth-order valence-electron chi connectivity index (χ4n) is 2.10. The molecule has 0 saturated heterocycles. The number of rotatable bonds is 3. The van der Waals surface area contributed by atoms with Crippen molar-refractivity contribution in [2.45, 2.75) is 45.1 Å². The Hall–Kier alpha value is -1.42. The molecule has 0 atom stereocenters. The van der Waals surface area contributed by atoms with E-state index < -0.39 is 0 Å². The summed E-state index contributed by atoms with van der Waals surface area (Å²) >= 11 is 0. The normalized spacial score (nSPS) is 17.6. The van der Waals surface area contributed by atoms with E-state index in [2.05, 4.69) is 21.0 Å². The molecular weight excluding hydrogens is 212 g/mol. The summed E-state index contributed by atoms with van der Waals surface area (Å²) in [5.41, 5.74) is 11.2. The van der Waals surface area contributed by atoms with Crippen LogP contribution in [0.25, 0.3) is 11.2 Å². The number of nitrogens with one attached hydrogen (secondary N) is 1. The highest BCUT2D eigenvalue weighted by molar-refractivity contribution is 5.72. The molecule has 4 nitrogen and oxygen atoms in total. The third-order valence-corrected chi connectivity index (χ3v) is 3.71. The zero-order valence-corrected chi connectivity index (χ0v) is 10.4. The van der Waals surface area contributed by atoms with E-state index in [1.807, 2.05) is 13.8 Å². The van der Waals surface area contributed by atoms with Crippen LogP contribution in [0.3, 0.4) is 0 Å². The van der Waals surface area contributed by atoms with Gasteiger partial charge in [-0.3, -0.25) is 0 Å². The predicted octanol–water partition coefficient (Wildman–Crippen LogP) is 2.00. The van der Waals surface area contributed by atoms with Crippen LogP contribution >= 0.6 is 0 Å². The van der Waals surface area contributed by atoms with Crippen molar-refractivity contribution >= 4 is 11.2 Å². The number of aromatic nitrogens is 3. The summed E-state index contributed by atoms with van der Waals surface area (Å²) in [6, 6.07) is 2.10. The van der Waals surface area contributed by atoms with E-state index in [9.17, 15) is 0 Å². The Balaban J connectivity index is 1.85. The van der Waals surface area contributed by atoms with Crippen LogP contribution in [-0.2, 0) is 6.42 Å². The molecule has 0 spiro atoms. The van der Waals surface area contributed by atoms with Crippen LogP contribution in [0, 0.1) is 13.8 Å². The number of nitrogens with two attached hydrogens (primary N) is 1. The first-order chi connectivity index (χ1) is 8.06. The molecule has 2 aromatic heterocycles. The maximum atomic E-state index is 6.09. The Morgan fingerprint density at radius 3 is 2.71 bits per heavy atom. The highest BCUT2D eigenvalue weighted by Gasteiger charge is 2.37. The van der Waals surface area contributed by atoms with Crippen LogP contribution in [0.15, 0.2) is 6.07 Å². The standard InChI is InChI=1S/C13H18N4/c1-8-9(2)16-12-11(15-8)7-10(17-12)3-4-13(14)5-6-13/h7H,3-6,14H2,1-2H3,(H,16,17). The Bertz CT molecular complexity index is 527. The summed E-state index contributed by atoms with van der Waals surface area (Å²) in [6.45, 7) is 3.98. The number of hydrogen-bond donors (Lipinski definition) is 2. The molecule has 1 saturated carbocycles. The van der Waals surface area contributed by atoms with Crippen LogP contribution in [0.4, 0.5) is 0 Å². The molecule has 17 heavy (non-hydrogen) atoms. The van der Waals surface area contributed by atoms with Crippen LogP contribution in [0.2, 0.25) is 0 Å². The van der Waals surface area contributed by atoms with Gasteiger partial charge in [-0.25, -0.2) is 9.97 Å². The number of fused-ring (bicyclic) bond motifs is 1. The van der Waals surface area contributed by atoms with Crippen LogP contribution in [0.5, 0.6) is 0 Å². The summed E-state index contributed by atoms with van der Waals surface area (Å²) in [4.78, 5) is 12.4. The number of aryl methyl sites for hydroxylation is 3. The summed E-state index contributed by atoms with van der Waals surface area (Å²) in [5, 5.41) is 0. The third kappa shape index (κ3) is 2.05. The van der Waals surface area contributed by atoms with Gasteiger partial charge in [0, 0.05) is 11.2 Å². The van der Waals surface area contributed by atoms with E-state index in [0.717, 1.165) is 35.4 Å². The van der Waals surface area contributed by atoms with Crippen molar-refractivity contribution in [1.82, 2.24) is 15.0 Å². The van der Waals surface area contributed by atoms with Crippen LogP contribution in [-0.4, -0.2) is 20.5 Å². The van der Waals surface area contributed by atoms with Crippen molar-refractivity contribution in [2.75, 3.05) is 0 Å². The van der Waals surface area contributed by atoms with E-state index >= 15 is 0 Å². The van der Waals surface area contributed by atoms with Crippen molar-refractivity contribution in [3.63, 3.8) is 0 Å². The molecule has 90 valence electrons. The molecule has 1 fully saturated rings. The molecule has 2 heterocycles. The van der Waals surface area contributed by atoms with Crippen molar-refractivity contribution < 1.29 is 0 Å². The van der Waals surface area contributed by atoms with E-state index in [0.29, 0.717) is 0 Å². The molecule has 4 heteroatoms. The maximum Gasteiger partial charge on any atom is 0.156 e. The van der Waals surface area contributed by atoms with Gasteiger partial charge in [0.2, 0.25) is 0 Å². The molecule has 0 radical (unpaired) electrons. The first-order valence-corrected chi connectivity index (χ1v) is 6.17. The van der Waals surface area contributed by atoms with E-state index in [1.165, 1.54) is 18.5 Å². The molecule has 0 bridgehead atoms. The molecule has 2 aromatic rings. The van der Waals surface area contributed by atoms with Crippen molar-refractivity contribution in [1.29, 1.82) is 0 Å². The summed E-state index contributed by atoms with van der Waals surface area (Å²) in [5.74, 6) is 0. The lowest BCUT2D eigenvalue weighted by Gasteiger charge is -2.05. The molecule has 1 aliphatic rings. The van der Waals surface area contributed by atoms with Crippen molar-refractivity contribution in [2.24, 2.45) is 5.73 Å². The van der Waals surface area contributed by atoms with Crippen LogP contribution in [0.1, 0.15) is 36.3 Å². The van der Waals surface area contributed by atoms with Gasteiger partial charge >= 0.3 is 0 Å². The predicted molar refractivity (Wildman–Crippen MR) is 67.8 cm³/mol. The lowest BCUT2D eigenvalue weighted by molar-refractivity contribution is 0.605. The largest absolute Gasteiger partial charge is 0.342 e. The fourth-order valence-corrected chi connectivity index (χ4v) is 2.10. The second-order valence-corrected chi connectivity index (χ2v) is 5.29. The van der Waals surface area contributed by atoms with Gasteiger partial charge in [-0.15, -0.1) is 0 Å². The highest BCUT2D eigenvalue weighted by atomic mass is 14.9. The average Bonchev–Trinajstić information content (AvgIpc) is 2.88. The first kappa shape index (κ1) is 10.7. The molecule has 0 aliphatic heterocycles. The van der Waals surface area contributed by atoms with Gasteiger partial charge in [0.15, 0.2) is 5.65 Å². The first-order valence-electron chi connectivity index (χ1n) is 6.17. The topological polar surface area (TPSA) is 67.6 Å². The van der Waals surface area contributed by atoms with Gasteiger partial charge in [-0.2, -0.15) is 0 Å². The molecule has 0 aromatic carbocycles. The minimum Gasteiger partial charge on any atom is -0.342 e. The number of hydrogen-bond acceptors (Lipinski definition) is 3. The zero-order chi connectivity index (χ0) is 12.0. The lowest BCUT2D eigenvalue weighted by Crippen LogP contribution is -2.22. The van der Waals surface area contributed by atoms with Gasteiger partial charge in [0.25, 0.3) is 0 Å². The quantitative estimate of drug-likeness (QED) is 0.847. The fraction of sp³-hybridized carbons (Fsp3) is 0.538. The Morgan fingerprint density at radius 1 is 1.29 bits per heavy atom. The summed E-state index contributed by atoms with van der Waals surface area (Å²) in [6.07, 6.45) is 4.38. The van der Waals surface area contributed by atoms with Crippen LogP contribution < -0.4 is 5.73 Å². The molecule has 1 aliphatic carbocycles. The molecule has 3 N–H and O–H groups in total. The SMILES string of the molecule is Cc1nc2cc(CCC3(N)CC3)[nH]c2nc1C. The molecule has 3 rings (SSSR count). The minimum atomic E-state index is 0.115. The van der Waals surface area contributed by atoms with E-state index in [4.69, 9.17) is 5.73 Å². The van der Waals surface area contributed by atoms with Crippen molar-refractivity contribution in [3.8, 4) is 0 Å². The minimum absolute atomic E-state index is 0.115. The highest BCUT2D eigenvalue weighted by Crippen LogP contribution is 2.36. The van der Waals surface area contributed by atoms with Gasteiger partial charge in [-0.1, -0.05) is 0 Å². The average molecular weight is 230 g/mol. The molecule has 0 unspecified atom stereocenters. The van der Waals surface area contributed by atoms with Gasteiger partial charge in [0.05, 0.1) is 11.4 Å². The maximum absolute atomic E-state index is 6.09. The van der Waals surface area contributed by atoms with E-state index in [-0.39, 0.29) is 5.54 Å². The number of aromatic amines is 1. The number of H-pyrrole nitrogens is 1. The summed E-state index contributed by atoms with van der Waals surface area (Å²) in [7, 11) is 0. The van der Waals surface area contributed by atoms with E-state index in [1.54, 1.807) is 0 Å². The second-order valence-electron chi connectivity index (χ2n) is 5.29. The Morgan fingerprint density at radius 2 is 2.00 bits per heavy atom.